The number of aliphatic hydroxyl groups is 4. The van der Waals surface area contributed by atoms with Crippen LogP contribution in [0.25, 0.3) is 22.3 Å². The Morgan fingerprint density at radius 3 is 2.14 bits per heavy atom. The van der Waals surface area contributed by atoms with Crippen molar-refractivity contribution >= 4 is 11.0 Å². The Morgan fingerprint density at radius 1 is 0.886 bits per heavy atom. The van der Waals surface area contributed by atoms with Gasteiger partial charge in [-0.2, -0.15) is 0 Å². The minimum absolute atomic E-state index is 0.123. The maximum absolute atomic E-state index is 13.4. The van der Waals surface area contributed by atoms with E-state index in [1.165, 1.54) is 7.11 Å². The zero-order chi connectivity index (χ0) is 25.6. The van der Waals surface area contributed by atoms with Gasteiger partial charge in [-0.25, -0.2) is 0 Å². The van der Waals surface area contributed by atoms with Crippen LogP contribution in [0.2, 0.25) is 0 Å². The third-order valence-electron chi connectivity index (χ3n) is 5.52. The summed E-state index contributed by atoms with van der Waals surface area (Å²) in [4.78, 5) is 13.4. The summed E-state index contributed by atoms with van der Waals surface area (Å²) >= 11 is 0. The number of phenolic OH excluding ortho intramolecular Hbond substituents is 4. The number of ether oxygens (including phenoxy) is 3. The molecule has 5 atom stereocenters. The minimum atomic E-state index is -1.89. The van der Waals surface area contributed by atoms with Crippen molar-refractivity contribution in [3.05, 3.63) is 34.5 Å². The average Bonchev–Trinajstić information content (AvgIpc) is 2.80. The van der Waals surface area contributed by atoms with Crippen LogP contribution in [-0.4, -0.2) is 85.3 Å². The Hall–Kier alpha value is -3.75. The molecule has 0 spiro atoms. The van der Waals surface area contributed by atoms with E-state index in [0.29, 0.717) is 0 Å². The van der Waals surface area contributed by atoms with E-state index in [1.54, 1.807) is 0 Å². The Labute approximate surface area is 195 Å². The maximum atomic E-state index is 13.4. The van der Waals surface area contributed by atoms with Crippen LogP contribution in [0.4, 0.5) is 0 Å². The predicted octanol–water partition coefficient (Wildman–Crippen LogP) is -0.530. The van der Waals surface area contributed by atoms with Gasteiger partial charge < -0.3 is 59.5 Å². The molecule has 0 unspecified atom stereocenters. The molecule has 0 bridgehead atoms. The molecule has 1 aliphatic rings. The van der Waals surface area contributed by atoms with Gasteiger partial charge in [0.2, 0.25) is 23.2 Å². The molecule has 3 aromatic rings. The molecule has 13 heteroatoms. The van der Waals surface area contributed by atoms with Crippen molar-refractivity contribution in [1.82, 2.24) is 0 Å². The van der Waals surface area contributed by atoms with Crippen LogP contribution in [0, 0.1) is 0 Å². The van der Waals surface area contributed by atoms with Crippen molar-refractivity contribution in [3.8, 4) is 45.8 Å². The van der Waals surface area contributed by atoms with Gasteiger partial charge in [0.1, 0.15) is 46.9 Å². The predicted molar refractivity (Wildman–Crippen MR) is 116 cm³/mol. The largest absolute Gasteiger partial charge is 0.508 e. The van der Waals surface area contributed by atoms with Crippen LogP contribution in [0.1, 0.15) is 0 Å². The van der Waals surface area contributed by atoms with E-state index in [-0.39, 0.29) is 16.9 Å². The van der Waals surface area contributed by atoms with E-state index >= 15 is 0 Å². The summed E-state index contributed by atoms with van der Waals surface area (Å²) in [5.41, 5.74) is -1.42. The first-order valence-corrected chi connectivity index (χ1v) is 10.2. The number of hydrogen-bond donors (Lipinski definition) is 8. The zero-order valence-corrected chi connectivity index (χ0v) is 18.0. The van der Waals surface area contributed by atoms with Gasteiger partial charge >= 0.3 is 0 Å². The summed E-state index contributed by atoms with van der Waals surface area (Å²) in [6, 6.07) is 4.03. The van der Waals surface area contributed by atoms with Gasteiger partial charge in [-0.05, 0) is 12.1 Å². The Morgan fingerprint density at radius 2 is 1.54 bits per heavy atom. The molecule has 2 aromatic carbocycles. The maximum Gasteiger partial charge on any atom is 0.239 e. The Kier molecular flexibility index (Phi) is 6.36. The zero-order valence-electron chi connectivity index (χ0n) is 18.0. The van der Waals surface area contributed by atoms with Gasteiger partial charge in [0.05, 0.1) is 13.7 Å². The van der Waals surface area contributed by atoms with Crippen molar-refractivity contribution in [3.63, 3.8) is 0 Å². The number of phenols is 4. The normalized spacial score (nSPS) is 24.4. The van der Waals surface area contributed by atoms with Gasteiger partial charge in [0.25, 0.3) is 0 Å². The lowest BCUT2D eigenvalue weighted by Gasteiger charge is -2.39. The van der Waals surface area contributed by atoms with Crippen LogP contribution in [-0.2, 0) is 4.74 Å². The highest BCUT2D eigenvalue weighted by atomic mass is 16.7. The van der Waals surface area contributed by atoms with E-state index in [4.69, 9.17) is 18.6 Å². The molecule has 1 aliphatic heterocycles. The second kappa shape index (κ2) is 9.13. The lowest BCUT2D eigenvalue weighted by molar-refractivity contribution is -0.277. The highest BCUT2D eigenvalue weighted by molar-refractivity contribution is 5.88. The van der Waals surface area contributed by atoms with Crippen LogP contribution in [0.15, 0.2) is 33.5 Å². The van der Waals surface area contributed by atoms with Crippen molar-refractivity contribution < 1.29 is 59.5 Å². The Bertz CT molecular complexity index is 1290. The molecule has 1 fully saturated rings. The molecule has 2 heterocycles. The van der Waals surface area contributed by atoms with E-state index in [9.17, 15) is 45.6 Å². The molecule has 13 nitrogen and oxygen atoms in total. The van der Waals surface area contributed by atoms with Crippen LogP contribution in [0.3, 0.4) is 0 Å². The number of aliphatic hydroxyl groups excluding tert-OH is 4. The molecule has 0 amide bonds. The third-order valence-corrected chi connectivity index (χ3v) is 5.52. The van der Waals surface area contributed by atoms with E-state index in [1.807, 2.05) is 0 Å². The molecule has 4 rings (SSSR count). The molecule has 35 heavy (non-hydrogen) atoms. The minimum Gasteiger partial charge on any atom is -0.508 e. The highest BCUT2D eigenvalue weighted by Crippen LogP contribution is 2.43. The summed E-state index contributed by atoms with van der Waals surface area (Å²) in [7, 11) is 1.20. The summed E-state index contributed by atoms with van der Waals surface area (Å²) in [5.74, 6) is -3.58. The van der Waals surface area contributed by atoms with Gasteiger partial charge in [-0.15, -0.1) is 0 Å². The van der Waals surface area contributed by atoms with Gasteiger partial charge in [-0.1, -0.05) is 0 Å². The summed E-state index contributed by atoms with van der Waals surface area (Å²) < 4.78 is 21.4. The van der Waals surface area contributed by atoms with Gasteiger partial charge in [0.15, 0.2) is 17.3 Å². The Balaban J connectivity index is 1.93. The number of benzene rings is 2. The van der Waals surface area contributed by atoms with Crippen LogP contribution < -0.4 is 14.9 Å². The van der Waals surface area contributed by atoms with Crippen LogP contribution in [0.5, 0.6) is 34.5 Å². The fourth-order valence-corrected chi connectivity index (χ4v) is 3.79. The fourth-order valence-electron chi connectivity index (χ4n) is 3.79. The third kappa shape index (κ3) is 4.15. The van der Waals surface area contributed by atoms with E-state index < -0.39 is 82.6 Å². The number of methoxy groups -OCH3 is 1. The quantitative estimate of drug-likeness (QED) is 0.224. The van der Waals surface area contributed by atoms with Crippen molar-refractivity contribution in [2.75, 3.05) is 13.7 Å². The highest BCUT2D eigenvalue weighted by Gasteiger charge is 2.45. The summed E-state index contributed by atoms with van der Waals surface area (Å²) in [5, 5.41) is 79.8. The monoisotopic (exact) mass is 494 g/mol. The molecule has 0 saturated carbocycles. The number of rotatable bonds is 5. The number of hydrogen-bond acceptors (Lipinski definition) is 13. The molecular formula is C22H22O13. The molecule has 1 aromatic heterocycles. The van der Waals surface area contributed by atoms with Gasteiger partial charge in [0, 0.05) is 17.7 Å². The first-order valence-electron chi connectivity index (χ1n) is 10.2. The second-order valence-electron chi connectivity index (χ2n) is 7.79. The van der Waals surface area contributed by atoms with Crippen LogP contribution >= 0.6 is 0 Å². The first-order chi connectivity index (χ1) is 16.6. The van der Waals surface area contributed by atoms with Crippen molar-refractivity contribution in [1.29, 1.82) is 0 Å². The van der Waals surface area contributed by atoms with E-state index in [0.717, 1.165) is 24.3 Å². The molecule has 8 N–H and O–H groups in total. The van der Waals surface area contributed by atoms with Crippen molar-refractivity contribution in [2.45, 2.75) is 30.7 Å². The molecule has 1 saturated heterocycles. The van der Waals surface area contributed by atoms with Gasteiger partial charge in [-0.3, -0.25) is 4.79 Å². The molecule has 188 valence electrons. The summed E-state index contributed by atoms with van der Waals surface area (Å²) in [6.07, 6.45) is -8.55. The second-order valence-corrected chi connectivity index (χ2v) is 7.79. The smallest absolute Gasteiger partial charge is 0.239 e. The number of fused-ring (bicyclic) bond motifs is 1. The number of aromatic hydroxyl groups is 4. The van der Waals surface area contributed by atoms with Crippen molar-refractivity contribution in [2.24, 2.45) is 0 Å². The molecule has 0 radical (unpaired) electrons. The topological polar surface area (TPSA) is 220 Å². The fraction of sp³-hybridized carbons (Fsp3) is 0.318. The molecule has 0 aliphatic carbocycles. The summed E-state index contributed by atoms with van der Waals surface area (Å²) in [6.45, 7) is -0.760. The SMILES string of the molecule is COc1c(O)cc(-c2oc3cc(O)cc(O)c3c(=O)c2O[C@H]2O[C@H](CO)[C@@H](O)[C@H](O)[C@H]2O)cc1O. The van der Waals surface area contributed by atoms with E-state index in [2.05, 4.69) is 0 Å². The lowest BCUT2D eigenvalue weighted by atomic mass is 9.99. The lowest BCUT2D eigenvalue weighted by Crippen LogP contribution is -2.60. The average molecular weight is 494 g/mol. The first kappa shape index (κ1) is 24.4. The standard InChI is InChI=1S/C22H22O13/c1-32-20-10(26)2-7(3-11(20)27)19-21(16(29)14-9(25)4-8(24)5-12(14)33-19)35-22-18(31)17(30)15(28)13(6-23)34-22/h2-5,13,15,17-18,22-28,30-31H,6H2,1H3/t13-,15-,17+,18-,22-/m1/s1. The molecular weight excluding hydrogens is 472 g/mol.